The predicted molar refractivity (Wildman–Crippen MR) is 65.2 cm³/mol. The van der Waals surface area contributed by atoms with Crippen molar-refractivity contribution in [3.63, 3.8) is 0 Å². The Bertz CT molecular complexity index is 315. The zero-order valence-corrected chi connectivity index (χ0v) is 10.3. The zero-order chi connectivity index (χ0) is 12.0. The van der Waals surface area contributed by atoms with Crippen LogP contribution in [0.15, 0.2) is 18.2 Å². The van der Waals surface area contributed by atoms with Gasteiger partial charge in [-0.15, -0.1) is 0 Å². The van der Waals surface area contributed by atoms with Gasteiger partial charge in [0.15, 0.2) is 0 Å². The van der Waals surface area contributed by atoms with E-state index >= 15 is 0 Å². The standard InChI is InChI=1S/C12H21N3O/c1-10-5-4-6-11(14-10)7-13-8-12(16)9-15(2)3/h4-6,12-13,16H,7-9H2,1-3H3. The van der Waals surface area contributed by atoms with Gasteiger partial charge in [0.05, 0.1) is 11.8 Å². The van der Waals surface area contributed by atoms with E-state index in [-0.39, 0.29) is 6.10 Å². The van der Waals surface area contributed by atoms with Crippen LogP contribution in [0.5, 0.6) is 0 Å². The molecule has 0 fully saturated rings. The predicted octanol–water partition coefficient (Wildman–Crippen LogP) is 0.402. The number of nitrogens with one attached hydrogen (secondary N) is 1. The molecular formula is C12H21N3O. The highest BCUT2D eigenvalue weighted by Gasteiger charge is 2.04. The third-order valence-corrected chi connectivity index (χ3v) is 2.21. The summed E-state index contributed by atoms with van der Waals surface area (Å²) in [5, 5.41) is 12.8. The number of likely N-dealkylation sites (N-methyl/N-ethyl adjacent to an activating group) is 1. The lowest BCUT2D eigenvalue weighted by molar-refractivity contribution is 0.134. The highest BCUT2D eigenvalue weighted by atomic mass is 16.3. The van der Waals surface area contributed by atoms with Crippen LogP contribution in [0.2, 0.25) is 0 Å². The van der Waals surface area contributed by atoms with Gasteiger partial charge in [-0.25, -0.2) is 0 Å². The summed E-state index contributed by atoms with van der Waals surface area (Å²) in [7, 11) is 3.90. The maximum Gasteiger partial charge on any atom is 0.0791 e. The van der Waals surface area contributed by atoms with Gasteiger partial charge in [-0.3, -0.25) is 4.98 Å². The summed E-state index contributed by atoms with van der Waals surface area (Å²) in [5.74, 6) is 0. The van der Waals surface area contributed by atoms with E-state index in [4.69, 9.17) is 0 Å². The minimum Gasteiger partial charge on any atom is -0.390 e. The molecule has 1 atom stereocenters. The van der Waals surface area contributed by atoms with Crippen molar-refractivity contribution in [3.05, 3.63) is 29.6 Å². The Kier molecular flexibility index (Phi) is 5.38. The van der Waals surface area contributed by atoms with Crippen LogP contribution >= 0.6 is 0 Å². The zero-order valence-electron chi connectivity index (χ0n) is 10.3. The number of hydrogen-bond donors (Lipinski definition) is 2. The van der Waals surface area contributed by atoms with Crippen LogP contribution in [0, 0.1) is 6.92 Å². The maximum absolute atomic E-state index is 9.63. The van der Waals surface area contributed by atoms with E-state index in [0.717, 1.165) is 11.4 Å². The highest BCUT2D eigenvalue weighted by Crippen LogP contribution is 1.97. The van der Waals surface area contributed by atoms with E-state index in [1.807, 2.05) is 44.1 Å². The van der Waals surface area contributed by atoms with Crippen LogP contribution in [0.3, 0.4) is 0 Å². The summed E-state index contributed by atoms with van der Waals surface area (Å²) in [6.07, 6.45) is -0.334. The van der Waals surface area contributed by atoms with E-state index in [1.54, 1.807) is 0 Å². The van der Waals surface area contributed by atoms with Crippen molar-refractivity contribution in [1.82, 2.24) is 15.2 Å². The first-order chi connectivity index (χ1) is 7.58. The molecule has 2 N–H and O–H groups in total. The monoisotopic (exact) mass is 223 g/mol. The number of pyridine rings is 1. The molecule has 0 aromatic carbocycles. The molecule has 1 heterocycles. The van der Waals surface area contributed by atoms with Crippen molar-refractivity contribution < 1.29 is 5.11 Å². The second-order valence-corrected chi connectivity index (χ2v) is 4.32. The lowest BCUT2D eigenvalue weighted by Gasteiger charge is -2.16. The normalized spacial score (nSPS) is 13.1. The highest BCUT2D eigenvalue weighted by molar-refractivity contribution is 5.09. The molecule has 1 unspecified atom stereocenters. The molecule has 1 rings (SSSR count). The van der Waals surface area contributed by atoms with Crippen molar-refractivity contribution in [3.8, 4) is 0 Å². The molecule has 0 aliphatic carbocycles. The largest absolute Gasteiger partial charge is 0.390 e. The van der Waals surface area contributed by atoms with Crippen molar-refractivity contribution >= 4 is 0 Å². The lowest BCUT2D eigenvalue weighted by atomic mass is 10.3. The first-order valence-electron chi connectivity index (χ1n) is 5.54. The fourth-order valence-electron chi connectivity index (χ4n) is 1.55. The van der Waals surface area contributed by atoms with Crippen LogP contribution in [-0.4, -0.2) is 48.3 Å². The average molecular weight is 223 g/mol. The Morgan fingerprint density at radius 1 is 1.44 bits per heavy atom. The molecule has 0 aliphatic rings. The first kappa shape index (κ1) is 13.1. The van der Waals surface area contributed by atoms with Crippen molar-refractivity contribution in [2.24, 2.45) is 0 Å². The molecule has 0 aliphatic heterocycles. The van der Waals surface area contributed by atoms with Gasteiger partial charge in [0.1, 0.15) is 0 Å². The molecule has 0 bridgehead atoms. The Labute approximate surface area is 97.3 Å². The van der Waals surface area contributed by atoms with Crippen molar-refractivity contribution in [2.75, 3.05) is 27.2 Å². The maximum atomic E-state index is 9.63. The van der Waals surface area contributed by atoms with Gasteiger partial charge in [0, 0.05) is 25.3 Å². The molecule has 0 saturated carbocycles. The smallest absolute Gasteiger partial charge is 0.0791 e. The summed E-state index contributed by atoms with van der Waals surface area (Å²) < 4.78 is 0. The van der Waals surface area contributed by atoms with Gasteiger partial charge in [0.25, 0.3) is 0 Å². The number of nitrogens with zero attached hydrogens (tertiary/aromatic N) is 2. The van der Waals surface area contributed by atoms with Gasteiger partial charge in [-0.05, 0) is 33.2 Å². The molecular weight excluding hydrogens is 202 g/mol. The fourth-order valence-corrected chi connectivity index (χ4v) is 1.55. The summed E-state index contributed by atoms with van der Waals surface area (Å²) >= 11 is 0. The molecule has 4 nitrogen and oxygen atoms in total. The summed E-state index contributed by atoms with van der Waals surface area (Å²) in [6.45, 7) is 3.94. The van der Waals surface area contributed by atoms with Crippen LogP contribution in [0.1, 0.15) is 11.4 Å². The second kappa shape index (κ2) is 6.58. The van der Waals surface area contributed by atoms with Gasteiger partial charge in [-0.2, -0.15) is 0 Å². The Balaban J connectivity index is 2.25. The number of aryl methyl sites for hydroxylation is 1. The molecule has 16 heavy (non-hydrogen) atoms. The molecule has 1 aromatic rings. The van der Waals surface area contributed by atoms with Crippen LogP contribution in [-0.2, 0) is 6.54 Å². The fraction of sp³-hybridized carbons (Fsp3) is 0.583. The minimum absolute atomic E-state index is 0.334. The summed E-state index contributed by atoms with van der Waals surface area (Å²) in [6, 6.07) is 5.96. The number of aliphatic hydroxyl groups is 1. The Morgan fingerprint density at radius 3 is 2.81 bits per heavy atom. The van der Waals surface area contributed by atoms with E-state index in [2.05, 4.69) is 10.3 Å². The average Bonchev–Trinajstić information content (AvgIpc) is 2.16. The topological polar surface area (TPSA) is 48.4 Å². The van der Waals surface area contributed by atoms with E-state index < -0.39 is 0 Å². The molecule has 90 valence electrons. The van der Waals surface area contributed by atoms with Crippen molar-refractivity contribution in [1.29, 1.82) is 0 Å². The quantitative estimate of drug-likeness (QED) is 0.733. The number of hydrogen-bond acceptors (Lipinski definition) is 4. The van der Waals surface area contributed by atoms with Gasteiger partial charge in [0.2, 0.25) is 0 Å². The Hall–Kier alpha value is -0.970. The van der Waals surface area contributed by atoms with Crippen molar-refractivity contribution in [2.45, 2.75) is 19.6 Å². The molecule has 0 saturated heterocycles. The number of aromatic nitrogens is 1. The molecule has 4 heteroatoms. The minimum atomic E-state index is -0.334. The molecule has 1 aromatic heterocycles. The SMILES string of the molecule is Cc1cccc(CNCC(O)CN(C)C)n1. The second-order valence-electron chi connectivity index (χ2n) is 4.32. The van der Waals surface area contributed by atoms with Gasteiger partial charge < -0.3 is 15.3 Å². The molecule has 0 amide bonds. The molecule has 0 spiro atoms. The molecule has 0 radical (unpaired) electrons. The van der Waals surface area contributed by atoms with Gasteiger partial charge in [-0.1, -0.05) is 6.07 Å². The third-order valence-electron chi connectivity index (χ3n) is 2.21. The van der Waals surface area contributed by atoms with E-state index in [9.17, 15) is 5.11 Å². The van der Waals surface area contributed by atoms with Crippen LogP contribution in [0.25, 0.3) is 0 Å². The number of aliphatic hydroxyl groups excluding tert-OH is 1. The first-order valence-corrected chi connectivity index (χ1v) is 5.54. The van der Waals surface area contributed by atoms with E-state index in [1.165, 1.54) is 0 Å². The summed E-state index contributed by atoms with van der Waals surface area (Å²) in [5.41, 5.74) is 2.03. The summed E-state index contributed by atoms with van der Waals surface area (Å²) in [4.78, 5) is 6.35. The van der Waals surface area contributed by atoms with Gasteiger partial charge >= 0.3 is 0 Å². The van der Waals surface area contributed by atoms with Crippen LogP contribution < -0.4 is 5.32 Å². The Morgan fingerprint density at radius 2 is 2.19 bits per heavy atom. The third kappa shape index (κ3) is 5.21. The van der Waals surface area contributed by atoms with Crippen LogP contribution in [0.4, 0.5) is 0 Å². The lowest BCUT2D eigenvalue weighted by Crippen LogP contribution is -2.34. The van der Waals surface area contributed by atoms with E-state index in [0.29, 0.717) is 19.6 Å². The number of rotatable bonds is 6.